The fraction of sp³-hybridized carbons (Fsp3) is 0.364. The summed E-state index contributed by atoms with van der Waals surface area (Å²) in [5, 5.41) is 3.47. The van der Waals surface area contributed by atoms with Crippen molar-refractivity contribution in [1.29, 1.82) is 0 Å². The number of benzene rings is 3. The van der Waals surface area contributed by atoms with Gasteiger partial charge in [0.15, 0.2) is 0 Å². The highest BCUT2D eigenvalue weighted by atomic mass is 35.5. The predicted octanol–water partition coefficient (Wildman–Crippen LogP) is 5.56. The second-order valence-electron chi connectivity index (χ2n) is 11.1. The molecule has 220 valence electrons. The maximum absolute atomic E-state index is 14.0. The summed E-state index contributed by atoms with van der Waals surface area (Å²) in [6.07, 6.45) is 1.09. The maximum Gasteiger partial charge on any atom is 0.260 e. The van der Waals surface area contributed by atoms with E-state index >= 15 is 0 Å². The molecular weight excluding hydrogens is 552 g/mol. The van der Waals surface area contributed by atoms with Crippen LogP contribution in [0.5, 0.6) is 0 Å². The van der Waals surface area contributed by atoms with Gasteiger partial charge in [0.25, 0.3) is 11.8 Å². The summed E-state index contributed by atoms with van der Waals surface area (Å²) in [5.41, 5.74) is 4.10. The van der Waals surface area contributed by atoms with Gasteiger partial charge >= 0.3 is 0 Å². The summed E-state index contributed by atoms with van der Waals surface area (Å²) >= 11 is 6.45. The Balaban J connectivity index is 1.38. The van der Waals surface area contributed by atoms with Crippen molar-refractivity contribution in [1.82, 2.24) is 9.80 Å². The standard InChI is InChI=1S/C33H37ClN4O4/c1-22-6-4-5-7-27(22)32(40)35-26-12-8-23(9-13-26)33(41)38-29-14-11-25(34)21-28(29)24(10-15-31(38)42-3)20-30(39)37-18-16-36(2)17-19-37/h4-9,11-14,21,24,31H,10,15-20H2,1-3H3,(H,35,40). The van der Waals surface area contributed by atoms with E-state index in [1.165, 1.54) is 0 Å². The Morgan fingerprint density at radius 1 is 0.952 bits per heavy atom. The van der Waals surface area contributed by atoms with Crippen molar-refractivity contribution < 1.29 is 19.1 Å². The van der Waals surface area contributed by atoms with Gasteiger partial charge in [-0.05, 0) is 92.4 Å². The lowest BCUT2D eigenvalue weighted by Gasteiger charge is -2.33. The minimum atomic E-state index is -0.512. The van der Waals surface area contributed by atoms with E-state index in [0.29, 0.717) is 46.8 Å². The third-order valence-electron chi connectivity index (χ3n) is 8.29. The van der Waals surface area contributed by atoms with Gasteiger partial charge in [-0.1, -0.05) is 29.8 Å². The zero-order chi connectivity index (χ0) is 29.8. The van der Waals surface area contributed by atoms with Crippen LogP contribution in [0.3, 0.4) is 0 Å². The van der Waals surface area contributed by atoms with Crippen LogP contribution in [0.15, 0.2) is 66.7 Å². The number of anilines is 2. The van der Waals surface area contributed by atoms with Crippen molar-refractivity contribution in [3.63, 3.8) is 0 Å². The van der Waals surface area contributed by atoms with E-state index in [1.54, 1.807) is 48.4 Å². The summed E-state index contributed by atoms with van der Waals surface area (Å²) in [4.78, 5) is 45.9. The van der Waals surface area contributed by atoms with Gasteiger partial charge in [0.2, 0.25) is 5.91 Å². The molecule has 0 saturated carbocycles. The number of methoxy groups -OCH3 is 1. The van der Waals surface area contributed by atoms with Crippen LogP contribution in [0, 0.1) is 6.92 Å². The Morgan fingerprint density at radius 3 is 2.36 bits per heavy atom. The first-order valence-electron chi connectivity index (χ1n) is 14.3. The Kier molecular flexibility index (Phi) is 9.26. The van der Waals surface area contributed by atoms with Crippen LogP contribution < -0.4 is 10.2 Å². The number of nitrogens with one attached hydrogen (secondary N) is 1. The van der Waals surface area contributed by atoms with Gasteiger partial charge in [-0.2, -0.15) is 0 Å². The third-order valence-corrected chi connectivity index (χ3v) is 8.52. The largest absolute Gasteiger partial charge is 0.361 e. The summed E-state index contributed by atoms with van der Waals surface area (Å²) < 4.78 is 5.85. The zero-order valence-corrected chi connectivity index (χ0v) is 25.1. The Bertz CT molecular complexity index is 1450. The SMILES string of the molecule is COC1CCC(CC(=O)N2CCN(C)CC2)c2cc(Cl)ccc2N1C(=O)c1ccc(NC(=O)c2ccccc2C)cc1. The van der Waals surface area contributed by atoms with Gasteiger partial charge in [-0.25, -0.2) is 0 Å². The molecule has 0 aromatic heterocycles. The van der Waals surface area contributed by atoms with Gasteiger partial charge in [-0.3, -0.25) is 19.3 Å². The molecule has 2 atom stereocenters. The molecule has 3 aromatic rings. The van der Waals surface area contributed by atoms with Crippen LogP contribution in [0.25, 0.3) is 0 Å². The van der Waals surface area contributed by atoms with E-state index in [2.05, 4.69) is 17.3 Å². The van der Waals surface area contributed by atoms with E-state index in [4.69, 9.17) is 16.3 Å². The average Bonchev–Trinajstić information content (AvgIpc) is 3.14. The predicted molar refractivity (Wildman–Crippen MR) is 165 cm³/mol. The molecule has 2 aliphatic heterocycles. The molecular formula is C33H37ClN4O4. The third kappa shape index (κ3) is 6.51. The highest BCUT2D eigenvalue weighted by molar-refractivity contribution is 6.30. The number of ether oxygens (including phenoxy) is 1. The van der Waals surface area contributed by atoms with Crippen molar-refractivity contribution in [3.8, 4) is 0 Å². The minimum Gasteiger partial charge on any atom is -0.361 e. The highest BCUT2D eigenvalue weighted by Crippen LogP contribution is 2.41. The van der Waals surface area contributed by atoms with Crippen LogP contribution in [0.2, 0.25) is 5.02 Å². The number of amides is 3. The molecule has 2 unspecified atom stereocenters. The van der Waals surface area contributed by atoms with Crippen molar-refractivity contribution in [2.45, 2.75) is 38.3 Å². The van der Waals surface area contributed by atoms with E-state index in [9.17, 15) is 14.4 Å². The minimum absolute atomic E-state index is 0.0969. The van der Waals surface area contributed by atoms with E-state index in [0.717, 1.165) is 37.3 Å². The summed E-state index contributed by atoms with van der Waals surface area (Å²) in [6.45, 7) is 5.05. The number of piperazine rings is 1. The van der Waals surface area contributed by atoms with Crippen LogP contribution in [-0.2, 0) is 9.53 Å². The first-order chi connectivity index (χ1) is 20.2. The Labute approximate surface area is 252 Å². The molecule has 3 amide bonds. The molecule has 0 bridgehead atoms. The molecule has 1 fully saturated rings. The average molecular weight is 589 g/mol. The number of likely N-dealkylation sites (N-methyl/N-ethyl adjacent to an activating group) is 1. The topological polar surface area (TPSA) is 82.2 Å². The fourth-order valence-electron chi connectivity index (χ4n) is 5.79. The highest BCUT2D eigenvalue weighted by Gasteiger charge is 2.35. The first kappa shape index (κ1) is 29.8. The van der Waals surface area contributed by atoms with Gasteiger partial charge in [0.1, 0.15) is 6.23 Å². The molecule has 9 heteroatoms. The molecule has 2 aliphatic rings. The van der Waals surface area contributed by atoms with Gasteiger partial charge < -0.3 is 19.9 Å². The Hall–Kier alpha value is -3.72. The number of fused-ring (bicyclic) bond motifs is 1. The summed E-state index contributed by atoms with van der Waals surface area (Å²) in [7, 11) is 3.66. The second kappa shape index (κ2) is 13.1. The number of carbonyl (C=O) groups excluding carboxylic acids is 3. The van der Waals surface area contributed by atoms with Crippen molar-refractivity contribution in [3.05, 3.63) is 94.0 Å². The van der Waals surface area contributed by atoms with Crippen molar-refractivity contribution in [2.24, 2.45) is 0 Å². The van der Waals surface area contributed by atoms with E-state index < -0.39 is 6.23 Å². The molecule has 0 spiro atoms. The molecule has 2 heterocycles. The van der Waals surface area contributed by atoms with E-state index in [-0.39, 0.29) is 23.6 Å². The van der Waals surface area contributed by atoms with Crippen LogP contribution in [0.4, 0.5) is 11.4 Å². The van der Waals surface area contributed by atoms with Crippen molar-refractivity contribution >= 4 is 40.7 Å². The lowest BCUT2D eigenvalue weighted by atomic mass is 9.90. The number of hydrogen-bond donors (Lipinski definition) is 1. The number of aryl methyl sites for hydroxylation is 1. The lowest BCUT2D eigenvalue weighted by Crippen LogP contribution is -2.47. The number of nitrogens with zero attached hydrogens (tertiary/aromatic N) is 3. The first-order valence-corrected chi connectivity index (χ1v) is 14.7. The fourth-order valence-corrected chi connectivity index (χ4v) is 5.97. The number of hydrogen-bond acceptors (Lipinski definition) is 5. The van der Waals surface area contributed by atoms with Crippen LogP contribution >= 0.6 is 11.6 Å². The number of rotatable bonds is 6. The molecule has 8 nitrogen and oxygen atoms in total. The summed E-state index contributed by atoms with van der Waals surface area (Å²) in [5.74, 6) is -0.410. The molecule has 0 radical (unpaired) electrons. The molecule has 1 N–H and O–H groups in total. The molecule has 5 rings (SSSR count). The van der Waals surface area contributed by atoms with Crippen molar-refractivity contribution in [2.75, 3.05) is 50.6 Å². The molecule has 0 aliphatic carbocycles. The quantitative estimate of drug-likeness (QED) is 0.408. The molecule has 42 heavy (non-hydrogen) atoms. The Morgan fingerprint density at radius 2 is 1.67 bits per heavy atom. The second-order valence-corrected chi connectivity index (χ2v) is 11.5. The van der Waals surface area contributed by atoms with E-state index in [1.807, 2.05) is 42.2 Å². The van der Waals surface area contributed by atoms with Gasteiger partial charge in [0, 0.05) is 61.5 Å². The lowest BCUT2D eigenvalue weighted by molar-refractivity contribution is -0.133. The van der Waals surface area contributed by atoms with Crippen LogP contribution in [0.1, 0.15) is 57.0 Å². The van der Waals surface area contributed by atoms with Gasteiger partial charge in [-0.15, -0.1) is 0 Å². The molecule has 3 aromatic carbocycles. The maximum atomic E-state index is 14.0. The smallest absolute Gasteiger partial charge is 0.260 e. The van der Waals surface area contributed by atoms with Crippen LogP contribution in [-0.4, -0.2) is 74.1 Å². The summed E-state index contributed by atoms with van der Waals surface area (Å²) in [6, 6.07) is 19.7. The molecule has 1 saturated heterocycles. The van der Waals surface area contributed by atoms with Gasteiger partial charge in [0.05, 0.1) is 5.69 Å². The normalized spacial score (nSPS) is 19.1. The number of halogens is 1. The zero-order valence-electron chi connectivity index (χ0n) is 24.3. The monoisotopic (exact) mass is 588 g/mol. The number of carbonyl (C=O) groups is 3.